The van der Waals surface area contributed by atoms with Gasteiger partial charge in [0.05, 0.1) is 6.61 Å². The van der Waals surface area contributed by atoms with Crippen molar-refractivity contribution in [1.82, 2.24) is 0 Å². The molecular formula is C25H32O. The van der Waals surface area contributed by atoms with Gasteiger partial charge in [-0.1, -0.05) is 48.4 Å². The van der Waals surface area contributed by atoms with Crippen LogP contribution in [0.4, 0.5) is 0 Å². The van der Waals surface area contributed by atoms with Crippen LogP contribution in [0.2, 0.25) is 0 Å². The molecule has 0 aromatic heterocycles. The minimum absolute atomic E-state index is 0.774. The van der Waals surface area contributed by atoms with Gasteiger partial charge in [0.25, 0.3) is 0 Å². The van der Waals surface area contributed by atoms with Crippen molar-refractivity contribution in [2.24, 2.45) is 5.92 Å². The number of benzene rings is 2. The molecule has 2 aliphatic rings. The molecular weight excluding hydrogens is 316 g/mol. The Labute approximate surface area is 158 Å². The molecule has 1 aliphatic carbocycles. The van der Waals surface area contributed by atoms with Crippen LogP contribution >= 0.6 is 0 Å². The summed E-state index contributed by atoms with van der Waals surface area (Å²) >= 11 is 0. The molecule has 1 fully saturated rings. The van der Waals surface area contributed by atoms with Crippen LogP contribution in [0.25, 0.3) is 0 Å². The Morgan fingerprint density at radius 1 is 0.962 bits per heavy atom. The Hall–Kier alpha value is -1.76. The SMILES string of the molecule is Cc1ccc(CCCC2CCC(c3ccc4c(c3)CCCO4)CC2)cc1. The standard InChI is InChI=1S/C25H32O/c1-19-7-9-20(10-8-19)4-2-5-21-11-13-22(14-12-21)23-15-16-25-24(18-23)6-3-17-26-25/h7-10,15-16,18,21-22H,2-6,11-14,17H2,1H3. The Balaban J connectivity index is 1.24. The Bertz CT molecular complexity index is 707. The zero-order valence-corrected chi connectivity index (χ0v) is 16.2. The van der Waals surface area contributed by atoms with E-state index in [0.717, 1.165) is 24.2 Å². The number of aryl methyl sites for hydroxylation is 3. The maximum Gasteiger partial charge on any atom is 0.122 e. The summed E-state index contributed by atoms with van der Waals surface area (Å²) in [7, 11) is 0. The van der Waals surface area contributed by atoms with Gasteiger partial charge in [-0.25, -0.2) is 0 Å². The van der Waals surface area contributed by atoms with Crippen LogP contribution in [0, 0.1) is 12.8 Å². The highest BCUT2D eigenvalue weighted by atomic mass is 16.5. The molecule has 0 unspecified atom stereocenters. The molecule has 2 aromatic carbocycles. The van der Waals surface area contributed by atoms with Gasteiger partial charge in [0.15, 0.2) is 0 Å². The average molecular weight is 349 g/mol. The van der Waals surface area contributed by atoms with Crippen molar-refractivity contribution in [2.45, 2.75) is 70.6 Å². The van der Waals surface area contributed by atoms with Crippen LogP contribution in [0.5, 0.6) is 5.75 Å². The molecule has 1 heteroatoms. The lowest BCUT2D eigenvalue weighted by Crippen LogP contribution is -2.15. The lowest BCUT2D eigenvalue weighted by Gasteiger charge is -2.29. The summed E-state index contributed by atoms with van der Waals surface area (Å²) in [5.74, 6) is 2.85. The van der Waals surface area contributed by atoms with Gasteiger partial charge < -0.3 is 4.74 Å². The molecule has 2 aromatic rings. The minimum Gasteiger partial charge on any atom is -0.493 e. The predicted molar refractivity (Wildman–Crippen MR) is 109 cm³/mol. The van der Waals surface area contributed by atoms with Gasteiger partial charge in [-0.2, -0.15) is 0 Å². The molecule has 26 heavy (non-hydrogen) atoms. The third kappa shape index (κ3) is 4.31. The number of hydrogen-bond donors (Lipinski definition) is 0. The van der Waals surface area contributed by atoms with E-state index in [4.69, 9.17) is 4.74 Å². The summed E-state index contributed by atoms with van der Waals surface area (Å²) in [4.78, 5) is 0. The maximum absolute atomic E-state index is 5.77. The topological polar surface area (TPSA) is 9.23 Å². The molecule has 1 nitrogen and oxygen atoms in total. The van der Waals surface area contributed by atoms with E-state index >= 15 is 0 Å². The second kappa shape index (κ2) is 8.29. The highest BCUT2D eigenvalue weighted by molar-refractivity contribution is 5.39. The Morgan fingerprint density at radius 3 is 2.58 bits per heavy atom. The molecule has 0 N–H and O–H groups in total. The lowest BCUT2D eigenvalue weighted by molar-refractivity contribution is 0.286. The highest BCUT2D eigenvalue weighted by Crippen LogP contribution is 2.39. The van der Waals surface area contributed by atoms with E-state index in [9.17, 15) is 0 Å². The predicted octanol–water partition coefficient (Wildman–Crippen LogP) is 6.62. The van der Waals surface area contributed by atoms with Crippen molar-refractivity contribution < 1.29 is 4.74 Å². The molecule has 4 rings (SSSR count). The van der Waals surface area contributed by atoms with Crippen LogP contribution in [0.15, 0.2) is 42.5 Å². The number of rotatable bonds is 5. The van der Waals surface area contributed by atoms with Crippen LogP contribution in [0.3, 0.4) is 0 Å². The normalized spacial score (nSPS) is 22.5. The van der Waals surface area contributed by atoms with E-state index in [1.165, 1.54) is 74.5 Å². The van der Waals surface area contributed by atoms with Gasteiger partial charge in [0.1, 0.15) is 5.75 Å². The van der Waals surface area contributed by atoms with E-state index in [0.29, 0.717) is 0 Å². The van der Waals surface area contributed by atoms with Crippen molar-refractivity contribution in [3.8, 4) is 5.75 Å². The highest BCUT2D eigenvalue weighted by Gasteiger charge is 2.23. The summed E-state index contributed by atoms with van der Waals surface area (Å²) in [5, 5.41) is 0. The van der Waals surface area contributed by atoms with Gasteiger partial charge in [-0.3, -0.25) is 0 Å². The molecule has 1 heterocycles. The molecule has 0 bridgehead atoms. The van der Waals surface area contributed by atoms with Crippen molar-refractivity contribution in [3.05, 3.63) is 64.7 Å². The third-order valence-corrected chi connectivity index (χ3v) is 6.45. The molecule has 1 saturated carbocycles. The largest absolute Gasteiger partial charge is 0.493 e. The molecule has 0 amide bonds. The van der Waals surface area contributed by atoms with Gasteiger partial charge in [0.2, 0.25) is 0 Å². The van der Waals surface area contributed by atoms with Crippen LogP contribution in [0.1, 0.15) is 73.1 Å². The van der Waals surface area contributed by atoms with E-state index in [-0.39, 0.29) is 0 Å². The van der Waals surface area contributed by atoms with Crippen molar-refractivity contribution in [3.63, 3.8) is 0 Å². The second-order valence-electron chi connectivity index (χ2n) is 8.41. The summed E-state index contributed by atoms with van der Waals surface area (Å²) in [5.41, 5.74) is 5.86. The third-order valence-electron chi connectivity index (χ3n) is 6.45. The number of hydrogen-bond acceptors (Lipinski definition) is 1. The van der Waals surface area contributed by atoms with Gasteiger partial charge in [-0.05, 0) is 92.9 Å². The first kappa shape index (κ1) is 17.6. The zero-order chi connectivity index (χ0) is 17.8. The molecule has 1 aliphatic heterocycles. The zero-order valence-electron chi connectivity index (χ0n) is 16.2. The molecule has 0 saturated heterocycles. The van der Waals surface area contributed by atoms with Crippen molar-refractivity contribution >= 4 is 0 Å². The van der Waals surface area contributed by atoms with Crippen LogP contribution < -0.4 is 4.74 Å². The molecule has 0 atom stereocenters. The quantitative estimate of drug-likeness (QED) is 0.590. The van der Waals surface area contributed by atoms with Gasteiger partial charge in [-0.15, -0.1) is 0 Å². The smallest absolute Gasteiger partial charge is 0.122 e. The molecule has 138 valence electrons. The second-order valence-corrected chi connectivity index (χ2v) is 8.41. The fourth-order valence-corrected chi connectivity index (χ4v) is 4.77. The van der Waals surface area contributed by atoms with Crippen LogP contribution in [-0.4, -0.2) is 6.61 Å². The van der Waals surface area contributed by atoms with Crippen molar-refractivity contribution in [2.75, 3.05) is 6.61 Å². The monoisotopic (exact) mass is 348 g/mol. The maximum atomic E-state index is 5.77. The fraction of sp³-hybridized carbons (Fsp3) is 0.520. The van der Waals surface area contributed by atoms with E-state index < -0.39 is 0 Å². The number of fused-ring (bicyclic) bond motifs is 1. The summed E-state index contributed by atoms with van der Waals surface area (Å²) < 4.78 is 5.77. The Morgan fingerprint density at radius 2 is 1.77 bits per heavy atom. The summed E-state index contributed by atoms with van der Waals surface area (Å²) in [6, 6.07) is 16.1. The first-order valence-electron chi connectivity index (χ1n) is 10.6. The Kier molecular flexibility index (Phi) is 5.62. The first-order valence-corrected chi connectivity index (χ1v) is 10.6. The van der Waals surface area contributed by atoms with Crippen LogP contribution in [-0.2, 0) is 12.8 Å². The molecule has 0 spiro atoms. The fourth-order valence-electron chi connectivity index (χ4n) is 4.77. The minimum atomic E-state index is 0.774. The van der Waals surface area contributed by atoms with E-state index in [1.54, 1.807) is 5.56 Å². The first-order chi connectivity index (χ1) is 12.8. The van der Waals surface area contributed by atoms with E-state index in [2.05, 4.69) is 49.4 Å². The summed E-state index contributed by atoms with van der Waals surface area (Å²) in [6.07, 6.45) is 11.9. The summed E-state index contributed by atoms with van der Waals surface area (Å²) in [6.45, 7) is 3.05. The molecule has 0 radical (unpaired) electrons. The number of ether oxygens (including phenoxy) is 1. The lowest BCUT2D eigenvalue weighted by atomic mass is 9.76. The average Bonchev–Trinajstić information content (AvgIpc) is 2.70. The van der Waals surface area contributed by atoms with Crippen molar-refractivity contribution in [1.29, 1.82) is 0 Å². The van der Waals surface area contributed by atoms with Gasteiger partial charge >= 0.3 is 0 Å². The van der Waals surface area contributed by atoms with Gasteiger partial charge in [0, 0.05) is 0 Å². The van der Waals surface area contributed by atoms with E-state index in [1.807, 2.05) is 0 Å².